The van der Waals surface area contributed by atoms with Gasteiger partial charge in [0.25, 0.3) is 0 Å². The van der Waals surface area contributed by atoms with Gasteiger partial charge in [-0.2, -0.15) is 0 Å². The lowest BCUT2D eigenvalue weighted by Crippen LogP contribution is -2.40. The van der Waals surface area contributed by atoms with E-state index in [4.69, 9.17) is 9.72 Å². The van der Waals surface area contributed by atoms with Crippen molar-refractivity contribution in [2.24, 2.45) is 5.92 Å². The highest BCUT2D eigenvalue weighted by atomic mass is 16.5. The van der Waals surface area contributed by atoms with E-state index >= 15 is 0 Å². The molecule has 2 atom stereocenters. The maximum Gasteiger partial charge on any atom is 0.323 e. The van der Waals surface area contributed by atoms with Crippen LogP contribution in [0.15, 0.2) is 36.0 Å². The third-order valence-electron chi connectivity index (χ3n) is 7.04. The lowest BCUT2D eigenvalue weighted by molar-refractivity contribution is -0.150. The molecule has 1 aromatic carbocycles. The quantitative estimate of drug-likeness (QED) is 0.183. The predicted octanol–water partition coefficient (Wildman–Crippen LogP) is 4.16. The van der Waals surface area contributed by atoms with Gasteiger partial charge in [-0.3, -0.25) is 14.4 Å². The zero-order valence-electron chi connectivity index (χ0n) is 25.1. The molecule has 3 rings (SSSR count). The second-order valence-electron chi connectivity index (χ2n) is 11.2. The van der Waals surface area contributed by atoms with Gasteiger partial charge in [-0.05, 0) is 75.3 Å². The molecule has 9 nitrogen and oxygen atoms in total. The summed E-state index contributed by atoms with van der Waals surface area (Å²) in [7, 11) is 3.89. The number of aldehydes is 1. The fourth-order valence-corrected chi connectivity index (χ4v) is 5.12. The van der Waals surface area contributed by atoms with E-state index in [1.165, 1.54) is 0 Å². The number of piperidine rings is 1. The topological polar surface area (TPSA) is 96.8 Å². The summed E-state index contributed by atoms with van der Waals surface area (Å²) in [5.41, 5.74) is 4.29. The van der Waals surface area contributed by atoms with Crippen molar-refractivity contribution >= 4 is 34.8 Å². The van der Waals surface area contributed by atoms with Crippen molar-refractivity contribution < 1.29 is 19.1 Å². The first-order valence-electron chi connectivity index (χ1n) is 14.2. The van der Waals surface area contributed by atoms with E-state index in [0.29, 0.717) is 31.0 Å². The number of amides is 1. The normalized spacial score (nSPS) is 17.3. The van der Waals surface area contributed by atoms with E-state index in [1.807, 2.05) is 56.9 Å². The molecule has 1 fully saturated rings. The van der Waals surface area contributed by atoms with Crippen LogP contribution in [0.1, 0.15) is 65.3 Å². The number of likely N-dealkylation sites (tertiary alicyclic amines) is 1. The van der Waals surface area contributed by atoms with Crippen LogP contribution in [-0.2, 0) is 32.2 Å². The van der Waals surface area contributed by atoms with E-state index < -0.39 is 0 Å². The molecule has 0 aliphatic carbocycles. The van der Waals surface area contributed by atoms with Gasteiger partial charge in [0.15, 0.2) is 0 Å². The van der Waals surface area contributed by atoms with Crippen molar-refractivity contribution in [2.75, 3.05) is 27.2 Å². The number of carbonyl (C=O) groups is 3. The number of imidazole rings is 1. The maximum absolute atomic E-state index is 12.4. The summed E-state index contributed by atoms with van der Waals surface area (Å²) in [5.74, 6) is 0.942. The molecule has 1 amide bonds. The molecule has 0 bridgehead atoms. The van der Waals surface area contributed by atoms with E-state index in [-0.39, 0.29) is 24.0 Å². The Bertz CT molecular complexity index is 1260. The minimum atomic E-state index is -0.382. The first kappa shape index (κ1) is 31.1. The average molecular weight is 552 g/mol. The zero-order chi connectivity index (χ0) is 29.4. The Balaban J connectivity index is 2.00. The van der Waals surface area contributed by atoms with Gasteiger partial charge in [0.2, 0.25) is 5.91 Å². The maximum atomic E-state index is 12.4. The number of benzene rings is 1. The van der Waals surface area contributed by atoms with Crippen molar-refractivity contribution in [1.82, 2.24) is 24.7 Å². The molecular formula is C31H45N5O4. The number of hydrogen-bond donors (Lipinski definition) is 1. The molecule has 0 saturated carbocycles. The van der Waals surface area contributed by atoms with Gasteiger partial charge in [-0.15, -0.1) is 0 Å². The van der Waals surface area contributed by atoms with Crippen molar-refractivity contribution in [3.8, 4) is 0 Å². The van der Waals surface area contributed by atoms with Crippen LogP contribution in [0.25, 0.3) is 16.6 Å². The largest absolute Gasteiger partial charge is 0.462 e. The first-order valence-corrected chi connectivity index (χ1v) is 14.2. The van der Waals surface area contributed by atoms with Crippen molar-refractivity contribution in [2.45, 2.75) is 79.1 Å². The molecule has 2 heterocycles. The molecule has 1 aliphatic heterocycles. The Morgan fingerprint density at radius 3 is 2.62 bits per heavy atom. The van der Waals surface area contributed by atoms with Crippen LogP contribution in [0.3, 0.4) is 0 Å². The number of rotatable bonds is 12. The first-order chi connectivity index (χ1) is 19.0. The van der Waals surface area contributed by atoms with E-state index in [1.54, 1.807) is 13.8 Å². The van der Waals surface area contributed by atoms with Gasteiger partial charge >= 0.3 is 5.97 Å². The zero-order valence-corrected chi connectivity index (χ0v) is 25.1. The Morgan fingerprint density at radius 1 is 1.25 bits per heavy atom. The summed E-state index contributed by atoms with van der Waals surface area (Å²) >= 11 is 0. The molecule has 1 N–H and O–H groups in total. The Morgan fingerprint density at radius 2 is 2.00 bits per heavy atom. The van der Waals surface area contributed by atoms with Crippen molar-refractivity contribution in [3.63, 3.8) is 0 Å². The number of nitrogens with one attached hydrogen (secondary N) is 1. The molecule has 0 spiro atoms. The molecule has 0 radical (unpaired) electrons. The van der Waals surface area contributed by atoms with Crippen LogP contribution in [0.4, 0.5) is 0 Å². The van der Waals surface area contributed by atoms with Crippen LogP contribution in [0.2, 0.25) is 0 Å². The standard InChI is InChI=1S/C31H45N5O4/c1-8-27(31(39)40-21(2)3)32-16-24-11-12-29-28(15-24)33-30(26(19-34(6)7)14-22(4)20-37)36(29)18-25-10-9-13-35(17-25)23(5)38/h11-12,14-15,19-21,25,27,32H,8-10,13,16-18H2,1-7H3/b22-14-,26-19+/t25-,27?/m1/s1. The summed E-state index contributed by atoms with van der Waals surface area (Å²) in [4.78, 5) is 45.0. The molecule has 1 aliphatic rings. The summed E-state index contributed by atoms with van der Waals surface area (Å²) < 4.78 is 7.61. The minimum absolute atomic E-state index is 0.109. The molecule has 218 valence electrons. The molecule has 2 aromatic rings. The fraction of sp³-hybridized carbons (Fsp3) is 0.548. The number of carbonyl (C=O) groups excluding carboxylic acids is 3. The SMILES string of the molecule is CCC(NCc1ccc2c(c1)nc(C(/C=C(/C)C=O)=C/N(C)C)n2C[C@@H]1CCCN(C(C)=O)C1)C(=O)OC(C)C. The van der Waals surface area contributed by atoms with Crippen molar-refractivity contribution in [3.05, 3.63) is 47.4 Å². The fourth-order valence-electron chi connectivity index (χ4n) is 5.12. The summed E-state index contributed by atoms with van der Waals surface area (Å²) in [5, 5.41) is 3.33. The highest BCUT2D eigenvalue weighted by Gasteiger charge is 2.25. The highest BCUT2D eigenvalue weighted by Crippen LogP contribution is 2.28. The lowest BCUT2D eigenvalue weighted by atomic mass is 9.97. The van der Waals surface area contributed by atoms with E-state index in [2.05, 4.69) is 28.1 Å². The van der Waals surface area contributed by atoms with Crippen LogP contribution in [-0.4, -0.2) is 76.8 Å². The number of allylic oxidation sites excluding steroid dienone is 3. The van der Waals surface area contributed by atoms with Gasteiger partial charge in [-0.1, -0.05) is 13.0 Å². The second kappa shape index (κ2) is 14.3. The molecule has 1 unspecified atom stereocenters. The average Bonchev–Trinajstić information content (AvgIpc) is 3.25. The lowest BCUT2D eigenvalue weighted by Gasteiger charge is -2.32. The predicted molar refractivity (Wildman–Crippen MR) is 158 cm³/mol. The molecule has 9 heteroatoms. The van der Waals surface area contributed by atoms with Gasteiger partial charge in [0.05, 0.1) is 17.1 Å². The number of aromatic nitrogens is 2. The highest BCUT2D eigenvalue weighted by molar-refractivity contribution is 5.86. The number of hydrogen-bond acceptors (Lipinski definition) is 7. The molecule has 1 saturated heterocycles. The summed E-state index contributed by atoms with van der Waals surface area (Å²) in [6.45, 7) is 11.8. The Labute approximate surface area is 238 Å². The number of ether oxygens (including phenoxy) is 1. The van der Waals surface area contributed by atoms with Crippen LogP contribution in [0, 0.1) is 5.92 Å². The van der Waals surface area contributed by atoms with Gasteiger partial charge in [0.1, 0.15) is 18.2 Å². The van der Waals surface area contributed by atoms with Gasteiger partial charge in [0, 0.05) is 59.0 Å². The smallest absolute Gasteiger partial charge is 0.323 e. The van der Waals surface area contributed by atoms with Gasteiger partial charge < -0.3 is 24.4 Å². The summed E-state index contributed by atoms with van der Waals surface area (Å²) in [6, 6.07) is 5.80. The number of fused-ring (bicyclic) bond motifs is 1. The summed E-state index contributed by atoms with van der Waals surface area (Å²) in [6.07, 6.45) is 7.17. The molecular weight excluding hydrogens is 506 g/mol. The monoisotopic (exact) mass is 551 g/mol. The van der Waals surface area contributed by atoms with Crippen LogP contribution >= 0.6 is 0 Å². The number of esters is 1. The second-order valence-corrected chi connectivity index (χ2v) is 11.2. The Hall–Kier alpha value is -3.46. The molecule has 40 heavy (non-hydrogen) atoms. The van der Waals surface area contributed by atoms with E-state index in [0.717, 1.165) is 60.2 Å². The molecule has 1 aromatic heterocycles. The third-order valence-corrected chi connectivity index (χ3v) is 7.04. The minimum Gasteiger partial charge on any atom is -0.462 e. The van der Waals surface area contributed by atoms with Crippen LogP contribution in [0.5, 0.6) is 0 Å². The van der Waals surface area contributed by atoms with Crippen molar-refractivity contribution in [1.29, 1.82) is 0 Å². The van der Waals surface area contributed by atoms with Gasteiger partial charge in [-0.25, -0.2) is 4.98 Å². The Kier molecular flexibility index (Phi) is 11.1. The van der Waals surface area contributed by atoms with E-state index in [9.17, 15) is 14.4 Å². The third kappa shape index (κ3) is 8.27. The van der Waals surface area contributed by atoms with Crippen LogP contribution < -0.4 is 5.32 Å². The number of nitrogens with zero attached hydrogens (tertiary/aromatic N) is 4.